The van der Waals surface area contributed by atoms with Crippen molar-refractivity contribution in [2.75, 3.05) is 0 Å². The number of Topliss-reactive ketones (excluding diaryl/α,β-unsaturated/α-hetero) is 1. The van der Waals surface area contributed by atoms with E-state index in [0.717, 1.165) is 19.3 Å². The van der Waals surface area contributed by atoms with Crippen molar-refractivity contribution >= 4 is 23.0 Å². The van der Waals surface area contributed by atoms with Crippen molar-refractivity contribution in [3.8, 4) is 0 Å². The fourth-order valence-corrected chi connectivity index (χ4v) is 3.13. The van der Waals surface area contributed by atoms with Crippen LogP contribution in [0.25, 0.3) is 0 Å². The van der Waals surface area contributed by atoms with Crippen LogP contribution in [0.3, 0.4) is 0 Å². The molecule has 0 fully saturated rings. The van der Waals surface area contributed by atoms with Gasteiger partial charge in [-0.2, -0.15) is 0 Å². The second-order valence-electron chi connectivity index (χ2n) is 6.01. The summed E-state index contributed by atoms with van der Waals surface area (Å²) in [6.45, 7) is 3.74. The van der Waals surface area contributed by atoms with Crippen molar-refractivity contribution in [1.29, 1.82) is 0 Å². The molecule has 5 heteroatoms. The first-order chi connectivity index (χ1) is 11.1. The Morgan fingerprint density at radius 2 is 1.83 bits per heavy atom. The van der Waals surface area contributed by atoms with Gasteiger partial charge in [0.15, 0.2) is 5.78 Å². The molecule has 0 bridgehead atoms. The highest BCUT2D eigenvalue weighted by Gasteiger charge is 2.25. The number of nitrogens with one attached hydrogen (secondary N) is 1. The van der Waals surface area contributed by atoms with Gasteiger partial charge in [-0.3, -0.25) is 9.59 Å². The Bertz CT molecular complexity index is 457. The molecule has 1 heterocycles. The summed E-state index contributed by atoms with van der Waals surface area (Å²) in [4.78, 5) is 24.8. The maximum absolute atomic E-state index is 12.3. The molecule has 23 heavy (non-hydrogen) atoms. The Morgan fingerprint density at radius 1 is 1.17 bits per heavy atom. The Kier molecular flexibility index (Phi) is 9.80. The zero-order valence-electron chi connectivity index (χ0n) is 14.2. The smallest absolute Gasteiger partial charge is 0.262 e. The second kappa shape index (κ2) is 11.4. The molecule has 130 valence electrons. The number of aliphatic hydroxyl groups is 1. The molecule has 0 aromatic carbocycles. The van der Waals surface area contributed by atoms with Gasteiger partial charge >= 0.3 is 0 Å². The number of aliphatic hydroxyl groups excluding tert-OH is 1. The third-order valence-corrected chi connectivity index (χ3v) is 4.76. The summed E-state index contributed by atoms with van der Waals surface area (Å²) in [5.41, 5.74) is 0. The Labute approximate surface area is 143 Å². The number of amides is 1. The van der Waals surface area contributed by atoms with Gasteiger partial charge in [-0.15, -0.1) is 11.3 Å². The molecule has 2 N–H and O–H groups in total. The van der Waals surface area contributed by atoms with Gasteiger partial charge < -0.3 is 10.4 Å². The van der Waals surface area contributed by atoms with Crippen LogP contribution in [0.1, 0.15) is 74.9 Å². The van der Waals surface area contributed by atoms with Gasteiger partial charge in [0.2, 0.25) is 0 Å². The second-order valence-corrected chi connectivity index (χ2v) is 6.95. The largest absolute Gasteiger partial charge is 0.391 e. The third-order valence-electron chi connectivity index (χ3n) is 3.89. The van der Waals surface area contributed by atoms with E-state index in [1.165, 1.54) is 37.0 Å². The third kappa shape index (κ3) is 7.75. The zero-order valence-corrected chi connectivity index (χ0v) is 15.0. The lowest BCUT2D eigenvalue weighted by Crippen LogP contribution is -2.47. The van der Waals surface area contributed by atoms with E-state index in [-0.39, 0.29) is 11.7 Å². The van der Waals surface area contributed by atoms with Crippen LogP contribution in [0.4, 0.5) is 0 Å². The minimum absolute atomic E-state index is 0.0848. The molecule has 1 aromatic heterocycles. The van der Waals surface area contributed by atoms with Crippen molar-refractivity contribution in [2.45, 2.75) is 77.4 Å². The predicted octanol–water partition coefficient (Wildman–Crippen LogP) is 3.94. The number of unbranched alkanes of at least 4 members (excludes halogenated alkanes) is 6. The molecular formula is C18H29NO3S. The zero-order chi connectivity index (χ0) is 17.1. The molecule has 1 rings (SSSR count). The summed E-state index contributed by atoms with van der Waals surface area (Å²) < 4.78 is 0. The molecule has 0 radical (unpaired) electrons. The molecule has 0 saturated carbocycles. The Hall–Kier alpha value is -1.20. The van der Waals surface area contributed by atoms with E-state index >= 15 is 0 Å². The van der Waals surface area contributed by atoms with Gasteiger partial charge in [-0.05, 0) is 24.8 Å². The normalized spacial score (nSPS) is 13.5. The fraction of sp³-hybridized carbons (Fsp3) is 0.667. The van der Waals surface area contributed by atoms with Gasteiger partial charge in [0, 0.05) is 6.42 Å². The van der Waals surface area contributed by atoms with E-state index in [9.17, 15) is 14.7 Å². The topological polar surface area (TPSA) is 66.4 Å². The maximum Gasteiger partial charge on any atom is 0.262 e. The predicted molar refractivity (Wildman–Crippen MR) is 94.9 cm³/mol. The highest BCUT2D eigenvalue weighted by Crippen LogP contribution is 2.12. The number of carbonyl (C=O) groups is 2. The summed E-state index contributed by atoms with van der Waals surface area (Å²) in [5, 5.41) is 14.3. The summed E-state index contributed by atoms with van der Waals surface area (Å²) in [5.74, 6) is -0.378. The summed E-state index contributed by atoms with van der Waals surface area (Å²) >= 11 is 1.32. The number of thiophene rings is 1. The fourth-order valence-electron chi connectivity index (χ4n) is 2.50. The van der Waals surface area contributed by atoms with Gasteiger partial charge in [0.1, 0.15) is 6.04 Å². The van der Waals surface area contributed by atoms with Crippen molar-refractivity contribution in [3.05, 3.63) is 22.4 Å². The first-order valence-corrected chi connectivity index (χ1v) is 9.49. The van der Waals surface area contributed by atoms with Gasteiger partial charge in [0.05, 0.1) is 11.0 Å². The number of rotatable bonds is 12. The van der Waals surface area contributed by atoms with E-state index in [4.69, 9.17) is 0 Å². The van der Waals surface area contributed by atoms with E-state index in [1.807, 2.05) is 5.38 Å². The number of carbonyl (C=O) groups excluding carboxylic acids is 2. The molecule has 0 unspecified atom stereocenters. The summed E-state index contributed by atoms with van der Waals surface area (Å²) in [6.07, 6.45) is 7.52. The first-order valence-electron chi connectivity index (χ1n) is 8.61. The van der Waals surface area contributed by atoms with E-state index in [0.29, 0.717) is 11.3 Å². The molecule has 1 aromatic rings. The van der Waals surface area contributed by atoms with Gasteiger partial charge in [0.25, 0.3) is 5.91 Å². The van der Waals surface area contributed by atoms with Gasteiger partial charge in [-0.25, -0.2) is 0 Å². The molecule has 0 aliphatic carbocycles. The number of hydrogen-bond acceptors (Lipinski definition) is 4. The average Bonchev–Trinajstić information content (AvgIpc) is 3.05. The molecule has 0 aliphatic heterocycles. The van der Waals surface area contributed by atoms with Crippen molar-refractivity contribution in [3.63, 3.8) is 0 Å². The highest BCUT2D eigenvalue weighted by molar-refractivity contribution is 7.12. The van der Waals surface area contributed by atoms with Crippen LogP contribution in [0.15, 0.2) is 17.5 Å². The highest BCUT2D eigenvalue weighted by atomic mass is 32.1. The minimum atomic E-state index is -0.879. The Morgan fingerprint density at radius 3 is 2.39 bits per heavy atom. The van der Waals surface area contributed by atoms with Crippen LogP contribution in [-0.2, 0) is 4.79 Å². The van der Waals surface area contributed by atoms with E-state index < -0.39 is 12.1 Å². The van der Waals surface area contributed by atoms with Crippen molar-refractivity contribution < 1.29 is 14.7 Å². The molecular weight excluding hydrogens is 310 g/mol. The van der Waals surface area contributed by atoms with Crippen molar-refractivity contribution in [1.82, 2.24) is 5.32 Å². The van der Waals surface area contributed by atoms with Crippen LogP contribution in [-0.4, -0.2) is 28.9 Å². The Balaban J connectivity index is 2.33. The van der Waals surface area contributed by atoms with Crippen LogP contribution >= 0.6 is 11.3 Å². The molecule has 2 atom stereocenters. The minimum Gasteiger partial charge on any atom is -0.391 e. The number of ketones is 1. The van der Waals surface area contributed by atoms with Crippen LogP contribution in [0.5, 0.6) is 0 Å². The van der Waals surface area contributed by atoms with Crippen molar-refractivity contribution in [2.24, 2.45) is 0 Å². The van der Waals surface area contributed by atoms with Crippen LogP contribution < -0.4 is 5.32 Å². The molecule has 1 amide bonds. The lowest BCUT2D eigenvalue weighted by Gasteiger charge is -2.20. The molecule has 0 saturated heterocycles. The van der Waals surface area contributed by atoms with E-state index in [2.05, 4.69) is 12.2 Å². The maximum atomic E-state index is 12.3. The first kappa shape index (κ1) is 19.8. The van der Waals surface area contributed by atoms with Crippen LogP contribution in [0, 0.1) is 0 Å². The molecule has 4 nitrogen and oxygen atoms in total. The lowest BCUT2D eigenvalue weighted by atomic mass is 10.0. The monoisotopic (exact) mass is 339 g/mol. The average molecular weight is 340 g/mol. The molecule has 0 spiro atoms. The SMILES string of the molecule is CCCCCCCCCC(=O)[C@H](NC(=O)c1cccs1)[C@H](C)O. The summed E-state index contributed by atoms with van der Waals surface area (Å²) in [6, 6.07) is 2.68. The van der Waals surface area contributed by atoms with Crippen LogP contribution in [0.2, 0.25) is 0 Å². The molecule has 0 aliphatic rings. The number of hydrogen-bond donors (Lipinski definition) is 2. The quantitative estimate of drug-likeness (QED) is 0.567. The lowest BCUT2D eigenvalue weighted by molar-refractivity contribution is -0.123. The summed E-state index contributed by atoms with van der Waals surface area (Å²) in [7, 11) is 0. The van der Waals surface area contributed by atoms with Gasteiger partial charge in [-0.1, -0.05) is 51.5 Å². The standard InChI is InChI=1S/C18H29NO3S/c1-3-4-5-6-7-8-9-11-15(21)17(14(2)20)19-18(22)16-12-10-13-23-16/h10,12-14,17,20H,3-9,11H2,1-2H3,(H,19,22)/t14-,17+/m0/s1. The van der Waals surface area contributed by atoms with E-state index in [1.54, 1.807) is 19.1 Å².